The lowest BCUT2D eigenvalue weighted by molar-refractivity contribution is 0.0187. The lowest BCUT2D eigenvalue weighted by Gasteiger charge is -2.43. The Bertz CT molecular complexity index is 212. The van der Waals surface area contributed by atoms with Crippen molar-refractivity contribution in [1.82, 2.24) is 15.1 Å². The highest BCUT2D eigenvalue weighted by molar-refractivity contribution is 4.93. The zero-order chi connectivity index (χ0) is 10.8. The highest BCUT2D eigenvalue weighted by Crippen LogP contribution is 2.20. The Morgan fingerprint density at radius 1 is 1.40 bits per heavy atom. The van der Waals surface area contributed by atoms with E-state index in [2.05, 4.69) is 29.1 Å². The van der Waals surface area contributed by atoms with Crippen molar-refractivity contribution in [2.24, 2.45) is 0 Å². The van der Waals surface area contributed by atoms with Crippen LogP contribution in [0.25, 0.3) is 0 Å². The molecule has 2 rings (SSSR count). The van der Waals surface area contributed by atoms with E-state index in [1.165, 1.54) is 6.42 Å². The Kier molecular flexibility index (Phi) is 3.61. The molecule has 2 aliphatic rings. The van der Waals surface area contributed by atoms with Crippen LogP contribution in [0.5, 0.6) is 0 Å². The van der Waals surface area contributed by atoms with Gasteiger partial charge in [0.05, 0.1) is 6.61 Å². The SMILES string of the molecule is C[C@@H]1NCC[C@@H]1N1CCN(C)C[C@H]1CO. The fraction of sp³-hybridized carbons (Fsp3) is 1.00. The molecule has 2 heterocycles. The first-order chi connectivity index (χ1) is 7.22. The van der Waals surface area contributed by atoms with Gasteiger partial charge in [-0.15, -0.1) is 0 Å². The first-order valence-corrected chi connectivity index (χ1v) is 6.01. The largest absolute Gasteiger partial charge is 0.395 e. The molecular formula is C11H23N3O. The van der Waals surface area contributed by atoms with Crippen molar-refractivity contribution < 1.29 is 5.11 Å². The van der Waals surface area contributed by atoms with E-state index in [9.17, 15) is 5.11 Å². The Hall–Kier alpha value is -0.160. The van der Waals surface area contributed by atoms with E-state index in [1.54, 1.807) is 0 Å². The number of piperazine rings is 1. The van der Waals surface area contributed by atoms with Crippen molar-refractivity contribution >= 4 is 0 Å². The van der Waals surface area contributed by atoms with Crippen molar-refractivity contribution in [3.63, 3.8) is 0 Å². The molecule has 3 atom stereocenters. The minimum atomic E-state index is 0.285. The second-order valence-electron chi connectivity index (χ2n) is 4.94. The molecule has 0 bridgehead atoms. The van der Waals surface area contributed by atoms with Crippen molar-refractivity contribution in [3.8, 4) is 0 Å². The van der Waals surface area contributed by atoms with E-state index >= 15 is 0 Å². The van der Waals surface area contributed by atoms with Gasteiger partial charge in [-0.3, -0.25) is 4.90 Å². The third kappa shape index (κ3) is 2.33. The van der Waals surface area contributed by atoms with Crippen molar-refractivity contribution in [1.29, 1.82) is 0 Å². The molecule has 2 fully saturated rings. The Labute approximate surface area is 92.2 Å². The Morgan fingerprint density at radius 2 is 2.20 bits per heavy atom. The van der Waals surface area contributed by atoms with Crippen LogP contribution in [0, 0.1) is 0 Å². The summed E-state index contributed by atoms with van der Waals surface area (Å²) in [6.45, 7) is 6.88. The van der Waals surface area contributed by atoms with Gasteiger partial charge >= 0.3 is 0 Å². The van der Waals surface area contributed by atoms with Gasteiger partial charge in [0, 0.05) is 37.8 Å². The second-order valence-corrected chi connectivity index (χ2v) is 4.94. The highest BCUT2D eigenvalue weighted by Gasteiger charge is 2.35. The molecule has 0 aromatic heterocycles. The molecule has 0 saturated carbocycles. The normalized spacial score (nSPS) is 39.8. The van der Waals surface area contributed by atoms with Gasteiger partial charge in [0.1, 0.15) is 0 Å². The molecule has 0 aliphatic carbocycles. The van der Waals surface area contributed by atoms with Gasteiger partial charge in [-0.25, -0.2) is 0 Å². The molecule has 15 heavy (non-hydrogen) atoms. The third-order valence-electron chi connectivity index (χ3n) is 3.85. The monoisotopic (exact) mass is 213 g/mol. The third-order valence-corrected chi connectivity index (χ3v) is 3.85. The summed E-state index contributed by atoms with van der Waals surface area (Å²) < 4.78 is 0. The number of rotatable bonds is 2. The minimum absolute atomic E-state index is 0.285. The number of nitrogens with zero attached hydrogens (tertiary/aromatic N) is 2. The summed E-state index contributed by atoms with van der Waals surface area (Å²) in [5.41, 5.74) is 0. The van der Waals surface area contributed by atoms with Crippen LogP contribution in [0.1, 0.15) is 13.3 Å². The molecule has 0 amide bonds. The zero-order valence-corrected chi connectivity index (χ0v) is 9.82. The van der Waals surface area contributed by atoms with Gasteiger partial charge in [-0.05, 0) is 26.9 Å². The molecule has 4 nitrogen and oxygen atoms in total. The van der Waals surface area contributed by atoms with E-state index < -0.39 is 0 Å². The molecule has 2 saturated heterocycles. The Morgan fingerprint density at radius 3 is 2.80 bits per heavy atom. The molecule has 0 aromatic rings. The number of hydrogen-bond acceptors (Lipinski definition) is 4. The summed E-state index contributed by atoms with van der Waals surface area (Å²) in [7, 11) is 2.14. The lowest BCUT2D eigenvalue weighted by Crippen LogP contribution is -2.58. The average molecular weight is 213 g/mol. The number of hydrogen-bond donors (Lipinski definition) is 2. The topological polar surface area (TPSA) is 38.7 Å². The van der Waals surface area contributed by atoms with E-state index in [0.29, 0.717) is 18.1 Å². The molecule has 2 aliphatic heterocycles. The molecule has 0 radical (unpaired) electrons. The summed E-state index contributed by atoms with van der Waals surface area (Å²) in [5, 5.41) is 12.9. The highest BCUT2D eigenvalue weighted by atomic mass is 16.3. The van der Waals surface area contributed by atoms with Crippen LogP contribution in [0.15, 0.2) is 0 Å². The van der Waals surface area contributed by atoms with Crippen LogP contribution >= 0.6 is 0 Å². The fourth-order valence-corrected chi connectivity index (χ4v) is 2.92. The molecule has 2 N–H and O–H groups in total. The molecular weight excluding hydrogens is 190 g/mol. The maximum atomic E-state index is 9.44. The molecule has 0 aromatic carbocycles. The summed E-state index contributed by atoms with van der Waals surface area (Å²) in [5.74, 6) is 0. The van der Waals surface area contributed by atoms with E-state index in [4.69, 9.17) is 0 Å². The molecule has 88 valence electrons. The van der Waals surface area contributed by atoms with E-state index in [-0.39, 0.29) is 6.61 Å². The molecule has 4 heteroatoms. The summed E-state index contributed by atoms with van der Waals surface area (Å²) >= 11 is 0. The van der Waals surface area contributed by atoms with Gasteiger partial charge in [-0.1, -0.05) is 0 Å². The maximum Gasteiger partial charge on any atom is 0.0599 e. The fourth-order valence-electron chi connectivity index (χ4n) is 2.92. The predicted molar refractivity (Wildman–Crippen MR) is 60.9 cm³/mol. The van der Waals surface area contributed by atoms with Crippen molar-refractivity contribution in [2.75, 3.05) is 39.8 Å². The smallest absolute Gasteiger partial charge is 0.0599 e. The van der Waals surface area contributed by atoms with Crippen LogP contribution in [0.4, 0.5) is 0 Å². The van der Waals surface area contributed by atoms with Crippen LogP contribution in [0.2, 0.25) is 0 Å². The first-order valence-electron chi connectivity index (χ1n) is 6.01. The first kappa shape index (κ1) is 11.3. The second kappa shape index (κ2) is 4.78. The van der Waals surface area contributed by atoms with Gasteiger partial charge < -0.3 is 15.3 Å². The lowest BCUT2D eigenvalue weighted by atomic mass is 10.0. The number of nitrogens with one attached hydrogen (secondary N) is 1. The van der Waals surface area contributed by atoms with E-state index in [0.717, 1.165) is 26.2 Å². The van der Waals surface area contributed by atoms with Crippen molar-refractivity contribution in [3.05, 3.63) is 0 Å². The predicted octanol–water partition coefficient (Wildman–Crippen LogP) is -0.655. The number of aliphatic hydroxyl groups is 1. The van der Waals surface area contributed by atoms with Crippen molar-refractivity contribution in [2.45, 2.75) is 31.5 Å². The van der Waals surface area contributed by atoms with Crippen LogP contribution in [-0.4, -0.2) is 72.9 Å². The molecule has 0 spiro atoms. The Balaban J connectivity index is 2.00. The number of aliphatic hydroxyl groups excluding tert-OH is 1. The maximum absolute atomic E-state index is 9.44. The van der Waals surface area contributed by atoms with Crippen LogP contribution in [-0.2, 0) is 0 Å². The standard InChI is InChI=1S/C11H23N3O/c1-9-11(3-4-12-9)14-6-5-13(2)7-10(14)8-15/h9-12,15H,3-8H2,1-2H3/t9-,10-,11-/m0/s1. The van der Waals surface area contributed by atoms with Gasteiger partial charge in [0.25, 0.3) is 0 Å². The van der Waals surface area contributed by atoms with Crippen LogP contribution in [0.3, 0.4) is 0 Å². The van der Waals surface area contributed by atoms with Gasteiger partial charge in [0.2, 0.25) is 0 Å². The van der Waals surface area contributed by atoms with E-state index in [1.807, 2.05) is 0 Å². The minimum Gasteiger partial charge on any atom is -0.395 e. The summed E-state index contributed by atoms with van der Waals surface area (Å²) in [6.07, 6.45) is 1.22. The average Bonchev–Trinajstić information content (AvgIpc) is 2.64. The zero-order valence-electron chi connectivity index (χ0n) is 9.82. The van der Waals surface area contributed by atoms with Crippen LogP contribution < -0.4 is 5.32 Å². The summed E-state index contributed by atoms with van der Waals surface area (Å²) in [4.78, 5) is 4.81. The number of likely N-dealkylation sites (N-methyl/N-ethyl adjacent to an activating group) is 1. The van der Waals surface area contributed by atoms with Gasteiger partial charge in [0.15, 0.2) is 0 Å². The summed E-state index contributed by atoms with van der Waals surface area (Å²) in [6, 6.07) is 1.52. The molecule has 0 unspecified atom stereocenters. The quantitative estimate of drug-likeness (QED) is 0.639. The van der Waals surface area contributed by atoms with Gasteiger partial charge in [-0.2, -0.15) is 0 Å².